The fourth-order valence-corrected chi connectivity index (χ4v) is 2.80. The molecule has 0 saturated carbocycles. The standard InChI is InChI=1S/C16H18F3N5O/c1-10-11(2)23(7-6-20-10)15(25)14-9-24(22-21-14)13-5-3-4-12(8-13)16(17,18)19/h3-5,8-11,20H,6-7H2,1-2H3. The van der Waals surface area contributed by atoms with Crippen molar-refractivity contribution < 1.29 is 18.0 Å². The lowest BCUT2D eigenvalue weighted by molar-refractivity contribution is -0.137. The summed E-state index contributed by atoms with van der Waals surface area (Å²) in [4.78, 5) is 14.3. The molecule has 1 aromatic heterocycles. The van der Waals surface area contributed by atoms with Gasteiger partial charge in [-0.15, -0.1) is 5.10 Å². The van der Waals surface area contributed by atoms with Gasteiger partial charge < -0.3 is 10.2 Å². The Morgan fingerprint density at radius 2 is 2.08 bits per heavy atom. The number of carbonyl (C=O) groups is 1. The molecule has 3 rings (SSSR count). The van der Waals surface area contributed by atoms with Crippen LogP contribution in [-0.2, 0) is 6.18 Å². The number of halogens is 3. The van der Waals surface area contributed by atoms with Crippen LogP contribution < -0.4 is 5.32 Å². The first-order valence-electron chi connectivity index (χ1n) is 7.91. The molecule has 0 spiro atoms. The van der Waals surface area contributed by atoms with Crippen molar-refractivity contribution in [3.63, 3.8) is 0 Å². The molecule has 0 bridgehead atoms. The van der Waals surface area contributed by atoms with Crippen LogP contribution in [0.1, 0.15) is 29.9 Å². The van der Waals surface area contributed by atoms with Gasteiger partial charge in [0.1, 0.15) is 0 Å². The minimum absolute atomic E-state index is 0.0139. The topological polar surface area (TPSA) is 63.1 Å². The lowest BCUT2D eigenvalue weighted by Crippen LogP contribution is -2.57. The summed E-state index contributed by atoms with van der Waals surface area (Å²) in [6.45, 7) is 5.15. The number of rotatable bonds is 2. The van der Waals surface area contributed by atoms with E-state index < -0.39 is 11.7 Å². The Morgan fingerprint density at radius 1 is 1.32 bits per heavy atom. The zero-order chi connectivity index (χ0) is 18.2. The Kier molecular flexibility index (Phi) is 4.51. The van der Waals surface area contributed by atoms with Crippen LogP contribution in [0.2, 0.25) is 0 Å². The quantitative estimate of drug-likeness (QED) is 0.898. The van der Waals surface area contributed by atoms with Crippen molar-refractivity contribution in [1.29, 1.82) is 0 Å². The van der Waals surface area contributed by atoms with Crippen molar-refractivity contribution >= 4 is 5.91 Å². The summed E-state index contributed by atoms with van der Waals surface area (Å²) >= 11 is 0. The zero-order valence-electron chi connectivity index (χ0n) is 13.8. The van der Waals surface area contributed by atoms with Crippen LogP contribution in [0.15, 0.2) is 30.5 Å². The van der Waals surface area contributed by atoms with E-state index in [0.717, 1.165) is 12.1 Å². The van der Waals surface area contributed by atoms with Crippen molar-refractivity contribution in [2.75, 3.05) is 13.1 Å². The average Bonchev–Trinajstić information content (AvgIpc) is 3.06. The van der Waals surface area contributed by atoms with Gasteiger partial charge in [-0.05, 0) is 32.0 Å². The summed E-state index contributed by atoms with van der Waals surface area (Å²) in [6.07, 6.45) is -3.08. The van der Waals surface area contributed by atoms with E-state index in [0.29, 0.717) is 13.1 Å². The molecule has 25 heavy (non-hydrogen) atoms. The van der Waals surface area contributed by atoms with Crippen LogP contribution in [0.4, 0.5) is 13.2 Å². The lowest BCUT2D eigenvalue weighted by atomic mass is 10.1. The summed E-state index contributed by atoms with van der Waals surface area (Å²) in [5, 5.41) is 10.9. The smallest absolute Gasteiger partial charge is 0.332 e. The Hall–Kier alpha value is -2.42. The van der Waals surface area contributed by atoms with E-state index in [-0.39, 0.29) is 29.4 Å². The molecule has 2 unspecified atom stereocenters. The Balaban J connectivity index is 1.84. The number of nitrogens with one attached hydrogen (secondary N) is 1. The van der Waals surface area contributed by atoms with E-state index in [4.69, 9.17) is 0 Å². The van der Waals surface area contributed by atoms with Crippen molar-refractivity contribution in [2.24, 2.45) is 0 Å². The number of benzene rings is 1. The van der Waals surface area contributed by atoms with Crippen molar-refractivity contribution in [3.05, 3.63) is 41.7 Å². The molecule has 1 aromatic carbocycles. The van der Waals surface area contributed by atoms with Crippen molar-refractivity contribution in [2.45, 2.75) is 32.1 Å². The van der Waals surface area contributed by atoms with Gasteiger partial charge in [0.15, 0.2) is 5.69 Å². The maximum absolute atomic E-state index is 12.8. The van der Waals surface area contributed by atoms with Gasteiger partial charge in [-0.25, -0.2) is 4.68 Å². The fourth-order valence-electron chi connectivity index (χ4n) is 2.80. The molecular weight excluding hydrogens is 335 g/mol. The third-order valence-electron chi connectivity index (χ3n) is 4.45. The van der Waals surface area contributed by atoms with Gasteiger partial charge in [0, 0.05) is 25.2 Å². The summed E-state index contributed by atoms with van der Waals surface area (Å²) < 4.78 is 39.7. The molecular formula is C16H18F3N5O. The van der Waals surface area contributed by atoms with Crippen LogP contribution in [0, 0.1) is 0 Å². The van der Waals surface area contributed by atoms with E-state index in [9.17, 15) is 18.0 Å². The monoisotopic (exact) mass is 353 g/mol. The van der Waals surface area contributed by atoms with Crippen LogP contribution in [-0.4, -0.2) is 51.0 Å². The highest BCUT2D eigenvalue weighted by atomic mass is 19.4. The van der Waals surface area contributed by atoms with Crippen LogP contribution >= 0.6 is 0 Å². The van der Waals surface area contributed by atoms with E-state index >= 15 is 0 Å². The first-order chi connectivity index (χ1) is 11.8. The van der Waals surface area contributed by atoms with Gasteiger partial charge >= 0.3 is 6.18 Å². The van der Waals surface area contributed by atoms with Crippen LogP contribution in [0.25, 0.3) is 5.69 Å². The maximum atomic E-state index is 12.8. The molecule has 0 aliphatic carbocycles. The Bertz CT molecular complexity index is 773. The summed E-state index contributed by atoms with van der Waals surface area (Å²) in [5.74, 6) is -0.279. The molecule has 9 heteroatoms. The second-order valence-corrected chi connectivity index (χ2v) is 6.08. The summed E-state index contributed by atoms with van der Waals surface area (Å²) in [7, 11) is 0. The molecule has 6 nitrogen and oxygen atoms in total. The van der Waals surface area contributed by atoms with Crippen molar-refractivity contribution in [1.82, 2.24) is 25.2 Å². The third-order valence-corrected chi connectivity index (χ3v) is 4.45. The molecule has 2 heterocycles. The second-order valence-electron chi connectivity index (χ2n) is 6.08. The number of amides is 1. The number of carbonyl (C=O) groups excluding carboxylic acids is 1. The number of nitrogens with zero attached hydrogens (tertiary/aromatic N) is 4. The second kappa shape index (κ2) is 6.47. The number of aromatic nitrogens is 3. The van der Waals surface area contributed by atoms with Gasteiger partial charge in [-0.3, -0.25) is 4.79 Å². The maximum Gasteiger partial charge on any atom is 0.416 e. The molecule has 1 amide bonds. The van der Waals surface area contributed by atoms with Gasteiger partial charge in [0.2, 0.25) is 0 Å². The first-order valence-corrected chi connectivity index (χ1v) is 7.91. The average molecular weight is 353 g/mol. The lowest BCUT2D eigenvalue weighted by Gasteiger charge is -2.38. The van der Waals surface area contributed by atoms with Crippen molar-refractivity contribution in [3.8, 4) is 5.69 Å². The van der Waals surface area contributed by atoms with Gasteiger partial charge in [-0.2, -0.15) is 13.2 Å². The minimum Gasteiger partial charge on any atom is -0.332 e. The van der Waals surface area contributed by atoms with E-state index in [1.807, 2.05) is 13.8 Å². The van der Waals surface area contributed by atoms with Gasteiger partial charge in [0.05, 0.1) is 17.4 Å². The molecule has 1 saturated heterocycles. The van der Waals surface area contributed by atoms with Gasteiger partial charge in [0.25, 0.3) is 5.91 Å². The molecule has 134 valence electrons. The molecule has 1 N–H and O–H groups in total. The Labute approximate surface area is 142 Å². The predicted molar refractivity (Wildman–Crippen MR) is 84.3 cm³/mol. The normalized spacial score (nSPS) is 21.4. The first kappa shape index (κ1) is 17.4. The molecule has 1 aliphatic heterocycles. The highest BCUT2D eigenvalue weighted by Crippen LogP contribution is 2.30. The fraction of sp³-hybridized carbons (Fsp3) is 0.438. The molecule has 1 aliphatic rings. The molecule has 0 radical (unpaired) electrons. The molecule has 2 atom stereocenters. The number of hydrogen-bond acceptors (Lipinski definition) is 4. The largest absolute Gasteiger partial charge is 0.416 e. The summed E-state index contributed by atoms with van der Waals surface area (Å²) in [5.41, 5.74) is -0.473. The third kappa shape index (κ3) is 3.51. The number of piperazine rings is 1. The van der Waals surface area contributed by atoms with E-state index in [1.165, 1.54) is 23.0 Å². The predicted octanol–water partition coefficient (Wildman–Crippen LogP) is 2.11. The van der Waals surface area contributed by atoms with E-state index in [1.54, 1.807) is 4.90 Å². The number of alkyl halides is 3. The number of hydrogen-bond donors (Lipinski definition) is 1. The zero-order valence-corrected chi connectivity index (χ0v) is 13.8. The molecule has 1 fully saturated rings. The van der Waals surface area contributed by atoms with Crippen LogP contribution in [0.5, 0.6) is 0 Å². The Morgan fingerprint density at radius 3 is 2.80 bits per heavy atom. The summed E-state index contributed by atoms with van der Waals surface area (Å²) in [6, 6.07) is 4.86. The SMILES string of the molecule is CC1NCCN(C(=O)c2cn(-c3cccc(C(F)(F)F)c3)nn2)C1C. The van der Waals surface area contributed by atoms with E-state index in [2.05, 4.69) is 15.6 Å². The minimum atomic E-state index is -4.44. The van der Waals surface area contributed by atoms with Crippen LogP contribution in [0.3, 0.4) is 0 Å². The molecule has 2 aromatic rings. The van der Waals surface area contributed by atoms with Gasteiger partial charge in [-0.1, -0.05) is 11.3 Å². The highest BCUT2D eigenvalue weighted by Gasteiger charge is 2.32. The highest BCUT2D eigenvalue weighted by molar-refractivity contribution is 5.92.